The summed E-state index contributed by atoms with van der Waals surface area (Å²) in [6.45, 7) is 2.35. The van der Waals surface area contributed by atoms with E-state index in [1.54, 1.807) is 18.6 Å². The fraction of sp³-hybridized carbons (Fsp3) is 0.158. The molecule has 134 valence electrons. The first-order valence-electron chi connectivity index (χ1n) is 7.95. The third-order valence-electron chi connectivity index (χ3n) is 3.73. The Morgan fingerprint density at radius 2 is 2.08 bits per heavy atom. The lowest BCUT2D eigenvalue weighted by Gasteiger charge is -2.09. The van der Waals surface area contributed by atoms with Crippen molar-refractivity contribution in [3.63, 3.8) is 0 Å². The second kappa shape index (κ2) is 8.21. The smallest absolute Gasteiger partial charge is 0.271 e. The van der Waals surface area contributed by atoms with Crippen LogP contribution in [0.1, 0.15) is 21.6 Å². The molecule has 1 aromatic heterocycles. The molecule has 0 saturated carbocycles. The maximum atomic E-state index is 12.3. The zero-order valence-corrected chi connectivity index (χ0v) is 15.9. The molecule has 5 nitrogen and oxygen atoms in total. The molecule has 0 spiro atoms. The minimum Gasteiger partial charge on any atom is -0.495 e. The molecule has 3 rings (SSSR count). The topological polar surface area (TPSA) is 63.2 Å². The first-order chi connectivity index (χ1) is 12.6. The summed E-state index contributed by atoms with van der Waals surface area (Å²) >= 11 is 7.46. The fourth-order valence-corrected chi connectivity index (χ4v) is 3.28. The first-order valence-corrected chi connectivity index (χ1v) is 9.21. The van der Waals surface area contributed by atoms with Crippen LogP contribution in [0.5, 0.6) is 5.75 Å². The highest BCUT2D eigenvalue weighted by Gasteiger charge is 2.12. The number of benzene rings is 2. The number of carbonyl (C=O) groups excluding carboxylic acids is 1. The minimum atomic E-state index is -0.245. The van der Waals surface area contributed by atoms with E-state index < -0.39 is 0 Å². The molecule has 3 aromatic rings. The first kappa shape index (κ1) is 18.2. The molecule has 1 heterocycles. The molecule has 0 radical (unpaired) electrons. The van der Waals surface area contributed by atoms with Gasteiger partial charge in [0.1, 0.15) is 11.4 Å². The summed E-state index contributed by atoms with van der Waals surface area (Å²) in [7, 11) is 1.62. The van der Waals surface area contributed by atoms with Crippen LogP contribution in [0.3, 0.4) is 0 Å². The summed E-state index contributed by atoms with van der Waals surface area (Å²) in [5.41, 5.74) is 3.13. The van der Waals surface area contributed by atoms with Crippen molar-refractivity contribution in [1.82, 2.24) is 10.3 Å². The Morgan fingerprint density at radius 3 is 2.85 bits per heavy atom. The number of hydrogen-bond acceptors (Lipinski definition) is 5. The molecule has 26 heavy (non-hydrogen) atoms. The van der Waals surface area contributed by atoms with Crippen molar-refractivity contribution < 1.29 is 9.53 Å². The molecule has 7 heteroatoms. The van der Waals surface area contributed by atoms with Crippen LogP contribution in [0, 0.1) is 6.92 Å². The molecule has 0 aliphatic carbocycles. The van der Waals surface area contributed by atoms with E-state index in [4.69, 9.17) is 16.3 Å². The average Bonchev–Trinajstić information content (AvgIpc) is 3.10. The van der Waals surface area contributed by atoms with E-state index in [2.05, 4.69) is 15.6 Å². The molecule has 1 amide bonds. The number of thiazole rings is 1. The number of rotatable bonds is 6. The standard InChI is InChI=1S/C19H18ClN3O2S/c1-12-7-8-17(25-2)15(9-12)22-19-23-16(11-26-19)18(24)21-10-13-5-3-4-6-14(13)20/h3-9,11H,10H2,1-2H3,(H,21,24)(H,22,23). The summed E-state index contributed by atoms with van der Waals surface area (Å²) in [6, 6.07) is 13.2. The Morgan fingerprint density at radius 1 is 1.27 bits per heavy atom. The van der Waals surface area contributed by atoms with Gasteiger partial charge in [0.15, 0.2) is 5.13 Å². The number of aromatic nitrogens is 1. The predicted octanol–water partition coefficient (Wildman–Crippen LogP) is 4.79. The number of nitrogens with zero attached hydrogens (tertiary/aromatic N) is 1. The summed E-state index contributed by atoms with van der Waals surface area (Å²) in [4.78, 5) is 16.7. The summed E-state index contributed by atoms with van der Waals surface area (Å²) in [5.74, 6) is 0.473. The van der Waals surface area contributed by atoms with Gasteiger partial charge in [0, 0.05) is 16.9 Å². The van der Waals surface area contributed by atoms with Crippen LogP contribution >= 0.6 is 22.9 Å². The van der Waals surface area contributed by atoms with E-state index in [0.717, 1.165) is 22.6 Å². The van der Waals surface area contributed by atoms with Crippen LogP contribution in [-0.4, -0.2) is 18.0 Å². The van der Waals surface area contributed by atoms with Crippen LogP contribution in [-0.2, 0) is 6.54 Å². The lowest BCUT2D eigenvalue weighted by molar-refractivity contribution is 0.0946. The highest BCUT2D eigenvalue weighted by Crippen LogP contribution is 2.30. The molecule has 0 bridgehead atoms. The second-order valence-electron chi connectivity index (χ2n) is 5.64. The number of carbonyl (C=O) groups is 1. The van der Waals surface area contributed by atoms with Crippen molar-refractivity contribution in [2.75, 3.05) is 12.4 Å². The maximum Gasteiger partial charge on any atom is 0.271 e. The Hall–Kier alpha value is -2.57. The number of methoxy groups -OCH3 is 1. The normalized spacial score (nSPS) is 10.4. The molecule has 0 saturated heterocycles. The van der Waals surface area contributed by atoms with Gasteiger partial charge in [0.2, 0.25) is 0 Å². The van der Waals surface area contributed by atoms with Gasteiger partial charge in [0.25, 0.3) is 5.91 Å². The van der Waals surface area contributed by atoms with Crippen LogP contribution in [0.25, 0.3) is 0 Å². The molecule has 0 aliphatic heterocycles. The number of ether oxygens (including phenoxy) is 1. The van der Waals surface area contributed by atoms with Crippen LogP contribution < -0.4 is 15.4 Å². The average molecular weight is 388 g/mol. The summed E-state index contributed by atoms with van der Waals surface area (Å²) in [6.07, 6.45) is 0. The maximum absolute atomic E-state index is 12.3. The van der Waals surface area contributed by atoms with Gasteiger partial charge in [-0.25, -0.2) is 4.98 Å². The van der Waals surface area contributed by atoms with Crippen LogP contribution in [0.2, 0.25) is 5.02 Å². The fourth-order valence-electron chi connectivity index (χ4n) is 2.38. The van der Waals surface area contributed by atoms with E-state index >= 15 is 0 Å². The number of halogens is 1. The van der Waals surface area contributed by atoms with E-state index in [0.29, 0.717) is 22.4 Å². The van der Waals surface area contributed by atoms with Crippen molar-refractivity contribution in [3.05, 3.63) is 69.7 Å². The Balaban J connectivity index is 1.67. The Labute approximate surface area is 161 Å². The molecular weight excluding hydrogens is 370 g/mol. The van der Waals surface area contributed by atoms with Gasteiger partial charge >= 0.3 is 0 Å². The van der Waals surface area contributed by atoms with Gasteiger partial charge in [-0.3, -0.25) is 4.79 Å². The van der Waals surface area contributed by atoms with Gasteiger partial charge in [0.05, 0.1) is 12.8 Å². The van der Waals surface area contributed by atoms with Crippen molar-refractivity contribution >= 4 is 39.7 Å². The highest BCUT2D eigenvalue weighted by molar-refractivity contribution is 7.14. The van der Waals surface area contributed by atoms with Crippen molar-refractivity contribution in [1.29, 1.82) is 0 Å². The van der Waals surface area contributed by atoms with Crippen molar-refractivity contribution in [2.45, 2.75) is 13.5 Å². The Kier molecular flexibility index (Phi) is 5.75. The Bertz CT molecular complexity index is 927. The van der Waals surface area contributed by atoms with E-state index in [9.17, 15) is 4.79 Å². The van der Waals surface area contributed by atoms with E-state index in [1.807, 2.05) is 43.3 Å². The van der Waals surface area contributed by atoms with Gasteiger partial charge in [-0.15, -0.1) is 11.3 Å². The summed E-state index contributed by atoms with van der Waals surface area (Å²) < 4.78 is 5.35. The number of hydrogen-bond donors (Lipinski definition) is 2. The second-order valence-corrected chi connectivity index (χ2v) is 6.91. The van der Waals surface area contributed by atoms with Gasteiger partial charge in [-0.2, -0.15) is 0 Å². The van der Waals surface area contributed by atoms with Crippen LogP contribution in [0.15, 0.2) is 47.8 Å². The molecule has 0 atom stereocenters. The molecule has 2 N–H and O–H groups in total. The minimum absolute atomic E-state index is 0.245. The monoisotopic (exact) mass is 387 g/mol. The third kappa shape index (κ3) is 4.33. The zero-order valence-electron chi connectivity index (χ0n) is 14.4. The quantitative estimate of drug-likeness (QED) is 0.638. The van der Waals surface area contributed by atoms with Gasteiger partial charge < -0.3 is 15.4 Å². The lowest BCUT2D eigenvalue weighted by Crippen LogP contribution is -2.23. The lowest BCUT2D eigenvalue weighted by atomic mass is 10.2. The van der Waals surface area contributed by atoms with E-state index in [1.165, 1.54) is 11.3 Å². The van der Waals surface area contributed by atoms with Crippen LogP contribution in [0.4, 0.5) is 10.8 Å². The molecule has 0 aliphatic rings. The van der Waals surface area contributed by atoms with Crippen molar-refractivity contribution in [2.24, 2.45) is 0 Å². The predicted molar refractivity (Wildman–Crippen MR) is 106 cm³/mol. The third-order valence-corrected chi connectivity index (χ3v) is 4.86. The highest BCUT2D eigenvalue weighted by atomic mass is 35.5. The summed E-state index contributed by atoms with van der Waals surface area (Å²) in [5, 5.41) is 9.00. The largest absolute Gasteiger partial charge is 0.495 e. The number of nitrogens with one attached hydrogen (secondary N) is 2. The van der Waals surface area contributed by atoms with Gasteiger partial charge in [-0.05, 0) is 36.2 Å². The SMILES string of the molecule is COc1ccc(C)cc1Nc1nc(C(=O)NCc2ccccc2Cl)cs1. The van der Waals surface area contributed by atoms with E-state index in [-0.39, 0.29) is 5.91 Å². The molecule has 0 unspecified atom stereocenters. The number of aryl methyl sites for hydroxylation is 1. The zero-order chi connectivity index (χ0) is 18.5. The molecule has 0 fully saturated rings. The van der Waals surface area contributed by atoms with Crippen molar-refractivity contribution in [3.8, 4) is 5.75 Å². The molecular formula is C19H18ClN3O2S. The number of amides is 1. The number of anilines is 2. The van der Waals surface area contributed by atoms with Gasteiger partial charge in [-0.1, -0.05) is 35.9 Å². The molecule has 2 aromatic carbocycles.